The Morgan fingerprint density at radius 3 is 2.71 bits per heavy atom. The lowest BCUT2D eigenvalue weighted by Crippen LogP contribution is -2.20. The van der Waals surface area contributed by atoms with Gasteiger partial charge in [0.15, 0.2) is 28.3 Å². The maximum absolute atomic E-state index is 13.4. The first kappa shape index (κ1) is 19.4. The Bertz CT molecular complexity index is 1210. The van der Waals surface area contributed by atoms with Crippen LogP contribution < -0.4 is 20.1 Å². The van der Waals surface area contributed by atoms with Crippen molar-refractivity contribution in [2.75, 3.05) is 17.4 Å². The molecule has 0 saturated heterocycles. The van der Waals surface area contributed by atoms with Crippen LogP contribution in [-0.2, 0) is 11.2 Å². The number of carbonyl (C=O) groups excluding carboxylic acids is 2. The monoisotopic (exact) mass is 443 g/mol. The van der Waals surface area contributed by atoms with Crippen molar-refractivity contribution in [3.05, 3.63) is 64.2 Å². The summed E-state index contributed by atoms with van der Waals surface area (Å²) in [6, 6.07) is 8.07. The molecule has 0 radical (unpaired) electrons. The molecule has 1 aliphatic carbocycles. The van der Waals surface area contributed by atoms with Gasteiger partial charge < -0.3 is 14.8 Å². The molecule has 1 atom stereocenters. The number of rotatable bonds is 4. The Labute approximate surface area is 179 Å². The van der Waals surface area contributed by atoms with Gasteiger partial charge >= 0.3 is 0 Å². The second-order valence-corrected chi connectivity index (χ2v) is 8.14. The second-order valence-electron chi connectivity index (χ2n) is 7.06. The molecule has 2 aromatic carbocycles. The van der Waals surface area contributed by atoms with Crippen molar-refractivity contribution in [1.29, 1.82) is 0 Å². The molecule has 1 aromatic heterocycles. The summed E-state index contributed by atoms with van der Waals surface area (Å²) in [4.78, 5) is 30.6. The number of thiazole rings is 1. The van der Waals surface area contributed by atoms with Gasteiger partial charge in [0.05, 0.1) is 11.6 Å². The number of anilines is 2. The number of hydrogen-bond acceptors (Lipinski definition) is 6. The third kappa shape index (κ3) is 3.70. The molecule has 0 bridgehead atoms. The maximum Gasteiger partial charge on any atom is 0.257 e. The van der Waals surface area contributed by atoms with Crippen molar-refractivity contribution in [3.8, 4) is 11.5 Å². The molecular formula is C21H15F2N3O4S. The quantitative estimate of drug-likeness (QED) is 0.635. The van der Waals surface area contributed by atoms with Crippen LogP contribution in [0.1, 0.15) is 33.3 Å². The average Bonchev–Trinajstić information content (AvgIpc) is 3.45. The van der Waals surface area contributed by atoms with E-state index in [1.54, 1.807) is 18.2 Å². The van der Waals surface area contributed by atoms with E-state index in [0.717, 1.165) is 17.0 Å². The van der Waals surface area contributed by atoms with Gasteiger partial charge in [0, 0.05) is 22.2 Å². The molecule has 5 rings (SSSR count). The highest BCUT2D eigenvalue weighted by Crippen LogP contribution is 2.39. The van der Waals surface area contributed by atoms with E-state index in [-0.39, 0.29) is 24.3 Å². The predicted octanol–water partition coefficient (Wildman–Crippen LogP) is 4.07. The summed E-state index contributed by atoms with van der Waals surface area (Å²) in [5, 5.41) is 5.74. The van der Waals surface area contributed by atoms with Crippen molar-refractivity contribution in [1.82, 2.24) is 4.98 Å². The highest BCUT2D eigenvalue weighted by Gasteiger charge is 2.33. The van der Waals surface area contributed by atoms with Crippen molar-refractivity contribution >= 4 is 34.0 Å². The van der Waals surface area contributed by atoms with Crippen LogP contribution in [0, 0.1) is 11.6 Å². The molecular weight excluding hydrogens is 428 g/mol. The number of halogens is 2. The fourth-order valence-corrected chi connectivity index (χ4v) is 4.58. The second kappa shape index (κ2) is 7.62. The smallest absolute Gasteiger partial charge is 0.257 e. The van der Waals surface area contributed by atoms with Crippen LogP contribution >= 0.6 is 11.3 Å². The van der Waals surface area contributed by atoms with Crippen LogP contribution in [0.3, 0.4) is 0 Å². The zero-order valence-electron chi connectivity index (χ0n) is 15.9. The van der Waals surface area contributed by atoms with Crippen LogP contribution in [0.25, 0.3) is 0 Å². The van der Waals surface area contributed by atoms with Gasteiger partial charge in [-0.3, -0.25) is 14.9 Å². The summed E-state index contributed by atoms with van der Waals surface area (Å²) < 4.78 is 37.0. The van der Waals surface area contributed by atoms with E-state index in [2.05, 4.69) is 15.6 Å². The number of fused-ring (bicyclic) bond motifs is 2. The van der Waals surface area contributed by atoms with Gasteiger partial charge in [0.2, 0.25) is 12.7 Å². The molecule has 31 heavy (non-hydrogen) atoms. The number of nitrogens with zero attached hydrogens (tertiary/aromatic N) is 1. The van der Waals surface area contributed by atoms with E-state index in [4.69, 9.17) is 9.47 Å². The number of nitrogens with one attached hydrogen (secondary N) is 2. The standard InChI is InChI=1S/C21H15F2N3O4S/c22-13-4-2-11(8-14(13)23)24-20(28)12-3-6-17-18(12)25-21(31-17)26-19(27)10-1-5-15-16(7-10)30-9-29-15/h1-2,4-5,7-8,12H,3,6,9H2,(H,24,28)(H,25,26,27). The van der Waals surface area contributed by atoms with Gasteiger partial charge in [-0.1, -0.05) is 0 Å². The van der Waals surface area contributed by atoms with Crippen LogP contribution in [0.4, 0.5) is 19.6 Å². The summed E-state index contributed by atoms with van der Waals surface area (Å²) >= 11 is 1.31. The van der Waals surface area contributed by atoms with E-state index in [1.807, 2.05) is 0 Å². The summed E-state index contributed by atoms with van der Waals surface area (Å²) in [6.07, 6.45) is 1.20. The molecule has 10 heteroatoms. The minimum absolute atomic E-state index is 0.119. The van der Waals surface area contributed by atoms with Crippen LogP contribution in [0.5, 0.6) is 11.5 Å². The number of aryl methyl sites for hydroxylation is 1. The van der Waals surface area contributed by atoms with Crippen molar-refractivity contribution < 1.29 is 27.8 Å². The SMILES string of the molecule is O=C(Nc1nc2c(s1)CCC2C(=O)Nc1ccc(F)c(F)c1)c1ccc2c(c1)OCO2. The molecule has 1 aliphatic heterocycles. The molecule has 0 fully saturated rings. The van der Waals surface area contributed by atoms with Gasteiger partial charge in [-0.15, -0.1) is 11.3 Å². The van der Waals surface area contributed by atoms with E-state index >= 15 is 0 Å². The summed E-state index contributed by atoms with van der Waals surface area (Å²) in [5.74, 6) is -2.17. The number of aromatic nitrogens is 1. The number of hydrogen-bond donors (Lipinski definition) is 2. The van der Waals surface area contributed by atoms with Gasteiger partial charge in [-0.2, -0.15) is 0 Å². The third-order valence-electron chi connectivity index (χ3n) is 5.08. The molecule has 1 unspecified atom stereocenters. The molecule has 3 aromatic rings. The molecule has 2 N–H and O–H groups in total. The highest BCUT2D eigenvalue weighted by molar-refractivity contribution is 7.16. The van der Waals surface area contributed by atoms with E-state index in [1.165, 1.54) is 17.4 Å². The van der Waals surface area contributed by atoms with Gasteiger partial charge in [-0.05, 0) is 43.2 Å². The Balaban J connectivity index is 1.29. The first-order chi connectivity index (χ1) is 15.0. The van der Waals surface area contributed by atoms with Crippen LogP contribution in [0.2, 0.25) is 0 Å². The van der Waals surface area contributed by atoms with E-state index in [0.29, 0.717) is 40.7 Å². The molecule has 0 spiro atoms. The van der Waals surface area contributed by atoms with Crippen molar-refractivity contribution in [2.24, 2.45) is 0 Å². The fraction of sp³-hybridized carbons (Fsp3) is 0.190. The Kier molecular flexibility index (Phi) is 4.78. The lowest BCUT2D eigenvalue weighted by atomic mass is 10.1. The Hall–Kier alpha value is -3.53. The minimum Gasteiger partial charge on any atom is -0.454 e. The van der Waals surface area contributed by atoms with E-state index in [9.17, 15) is 18.4 Å². The van der Waals surface area contributed by atoms with Gasteiger partial charge in [-0.25, -0.2) is 13.8 Å². The normalized spacial score (nSPS) is 16.1. The lowest BCUT2D eigenvalue weighted by molar-refractivity contribution is -0.117. The molecule has 0 saturated carbocycles. The Morgan fingerprint density at radius 2 is 1.87 bits per heavy atom. The molecule has 2 heterocycles. The fourth-order valence-electron chi connectivity index (χ4n) is 3.55. The summed E-state index contributed by atoms with van der Waals surface area (Å²) in [6.45, 7) is 0.119. The molecule has 2 amide bonds. The number of ether oxygens (including phenoxy) is 2. The van der Waals surface area contributed by atoms with Crippen LogP contribution in [-0.4, -0.2) is 23.6 Å². The Morgan fingerprint density at radius 1 is 1.03 bits per heavy atom. The third-order valence-corrected chi connectivity index (χ3v) is 6.12. The highest BCUT2D eigenvalue weighted by atomic mass is 32.1. The number of carbonyl (C=O) groups is 2. The number of amides is 2. The lowest BCUT2D eigenvalue weighted by Gasteiger charge is -2.11. The van der Waals surface area contributed by atoms with E-state index < -0.39 is 17.6 Å². The van der Waals surface area contributed by atoms with Gasteiger partial charge in [0.1, 0.15) is 0 Å². The maximum atomic E-state index is 13.4. The first-order valence-corrected chi connectivity index (χ1v) is 10.3. The predicted molar refractivity (Wildman–Crippen MR) is 109 cm³/mol. The largest absolute Gasteiger partial charge is 0.454 e. The molecule has 158 valence electrons. The molecule has 2 aliphatic rings. The van der Waals surface area contributed by atoms with Crippen molar-refractivity contribution in [2.45, 2.75) is 18.8 Å². The number of benzene rings is 2. The zero-order chi connectivity index (χ0) is 21.5. The first-order valence-electron chi connectivity index (χ1n) is 9.44. The summed E-state index contributed by atoms with van der Waals surface area (Å²) in [7, 11) is 0. The zero-order valence-corrected chi connectivity index (χ0v) is 16.7. The summed E-state index contributed by atoms with van der Waals surface area (Å²) in [5.41, 5.74) is 1.15. The minimum atomic E-state index is -1.04. The topological polar surface area (TPSA) is 89.6 Å². The molecule has 7 nitrogen and oxygen atoms in total. The average molecular weight is 443 g/mol. The van der Waals surface area contributed by atoms with Gasteiger partial charge in [0.25, 0.3) is 5.91 Å². The van der Waals surface area contributed by atoms with Crippen molar-refractivity contribution in [3.63, 3.8) is 0 Å². The van der Waals surface area contributed by atoms with Crippen LogP contribution in [0.15, 0.2) is 36.4 Å².